The third kappa shape index (κ3) is 3.77. The number of esters is 2. The number of thioether (sulfide) groups is 1. The minimum Gasteiger partial charge on any atom is -0.419 e. The van der Waals surface area contributed by atoms with Crippen molar-refractivity contribution in [2.75, 3.05) is 18.8 Å². The number of benzene rings is 2. The van der Waals surface area contributed by atoms with Crippen LogP contribution in [-0.4, -0.2) is 54.2 Å². The van der Waals surface area contributed by atoms with Gasteiger partial charge in [-0.15, -0.1) is 11.8 Å². The van der Waals surface area contributed by atoms with Crippen LogP contribution in [0.5, 0.6) is 0 Å². The monoisotopic (exact) mass is 628 g/mol. The van der Waals surface area contributed by atoms with E-state index in [-0.39, 0.29) is 40.7 Å². The summed E-state index contributed by atoms with van der Waals surface area (Å²) in [4.78, 5) is 27.0. The van der Waals surface area contributed by atoms with Gasteiger partial charge < -0.3 is 23.7 Å². The van der Waals surface area contributed by atoms with Crippen molar-refractivity contribution in [2.24, 2.45) is 28.6 Å². The molecule has 3 aliphatic carbocycles. The van der Waals surface area contributed by atoms with Gasteiger partial charge in [-0.3, -0.25) is 0 Å². The van der Waals surface area contributed by atoms with E-state index in [9.17, 15) is 9.59 Å². The van der Waals surface area contributed by atoms with E-state index >= 15 is 0 Å². The van der Waals surface area contributed by atoms with E-state index in [1.807, 2.05) is 36.4 Å². The lowest BCUT2D eigenvalue weighted by molar-refractivity contribution is -0.265. The first-order chi connectivity index (χ1) is 21.6. The highest BCUT2D eigenvalue weighted by atomic mass is 32.2. The van der Waals surface area contributed by atoms with Gasteiger partial charge in [-0.25, -0.2) is 9.59 Å². The summed E-state index contributed by atoms with van der Waals surface area (Å²) in [6.07, 6.45) is 4.45. The number of ether oxygens (including phenoxy) is 5. The van der Waals surface area contributed by atoms with Gasteiger partial charge in [-0.05, 0) is 56.4 Å². The van der Waals surface area contributed by atoms with E-state index in [0.29, 0.717) is 53.3 Å². The Balaban J connectivity index is 1.24. The van der Waals surface area contributed by atoms with Crippen LogP contribution in [0, 0.1) is 28.6 Å². The van der Waals surface area contributed by atoms with Gasteiger partial charge in [-0.2, -0.15) is 0 Å². The Hall–Kier alpha value is -2.91. The van der Waals surface area contributed by atoms with Crippen LogP contribution in [0.15, 0.2) is 77.6 Å². The Morgan fingerprint density at radius 2 is 1.73 bits per heavy atom. The third-order valence-electron chi connectivity index (χ3n) is 12.1. The van der Waals surface area contributed by atoms with Crippen molar-refractivity contribution in [3.05, 3.63) is 88.7 Å². The molecule has 45 heavy (non-hydrogen) atoms. The highest BCUT2D eigenvalue weighted by Gasteiger charge is 2.92. The third-order valence-corrected chi connectivity index (χ3v) is 12.5. The molecular weight excluding hydrogens is 588 g/mol. The first kappa shape index (κ1) is 29.5. The highest BCUT2D eigenvalue weighted by molar-refractivity contribution is 7.98. The first-order valence-corrected chi connectivity index (χ1v) is 17.5. The zero-order chi connectivity index (χ0) is 31.4. The van der Waals surface area contributed by atoms with Gasteiger partial charge in [0.05, 0.1) is 30.3 Å². The maximum Gasteiger partial charge on any atom is 0.343 e. The summed E-state index contributed by atoms with van der Waals surface area (Å²) in [5.41, 5.74) is 0.969. The molecule has 7 nitrogen and oxygen atoms in total. The molecule has 0 unspecified atom stereocenters. The summed E-state index contributed by atoms with van der Waals surface area (Å²) in [5, 5.41) is 0. The minimum absolute atomic E-state index is 0.0288. The normalized spacial score (nSPS) is 40.0. The van der Waals surface area contributed by atoms with Crippen LogP contribution in [0.1, 0.15) is 62.9 Å². The van der Waals surface area contributed by atoms with Crippen LogP contribution in [-0.2, 0) is 28.5 Å². The molecule has 2 aromatic carbocycles. The summed E-state index contributed by atoms with van der Waals surface area (Å²) in [6.45, 7) is 9.53. The van der Waals surface area contributed by atoms with Crippen LogP contribution < -0.4 is 0 Å². The molecule has 6 aliphatic rings. The highest BCUT2D eigenvalue weighted by Crippen LogP contribution is 2.82. The summed E-state index contributed by atoms with van der Waals surface area (Å²) < 4.78 is 33.0. The molecule has 2 aromatic rings. The molecule has 0 N–H and O–H groups in total. The molecule has 1 spiro atoms. The maximum atomic E-state index is 13.5. The molecular formula is C37H40O7S. The summed E-state index contributed by atoms with van der Waals surface area (Å²) in [6, 6.07) is 18.3. The number of carbonyl (C=O) groups is 2. The van der Waals surface area contributed by atoms with Crippen LogP contribution >= 0.6 is 11.8 Å². The summed E-state index contributed by atoms with van der Waals surface area (Å²) in [5.74, 6) is 0.929. The largest absolute Gasteiger partial charge is 0.419 e. The Labute approximate surface area is 268 Å². The number of fused-ring (bicyclic) bond motifs is 4. The second-order valence-electron chi connectivity index (χ2n) is 14.3. The fourth-order valence-corrected chi connectivity index (χ4v) is 10.2. The Morgan fingerprint density at radius 3 is 2.40 bits per heavy atom. The molecule has 8 heteroatoms. The number of hydrogen-bond acceptors (Lipinski definition) is 8. The van der Waals surface area contributed by atoms with E-state index in [4.69, 9.17) is 23.7 Å². The number of cyclic esters (lactones) is 1. The van der Waals surface area contributed by atoms with E-state index in [1.165, 1.54) is 0 Å². The second kappa shape index (κ2) is 10.0. The van der Waals surface area contributed by atoms with Gasteiger partial charge in [0, 0.05) is 33.5 Å². The quantitative estimate of drug-likeness (QED) is 0.144. The molecule has 2 saturated carbocycles. The average Bonchev–Trinajstić information content (AvgIpc) is 3.95. The molecule has 0 aromatic heterocycles. The zero-order valence-electron chi connectivity index (χ0n) is 26.5. The molecule has 8 atom stereocenters. The van der Waals surface area contributed by atoms with Gasteiger partial charge in [-0.1, -0.05) is 69.3 Å². The second-order valence-corrected chi connectivity index (χ2v) is 15.1. The molecule has 3 heterocycles. The van der Waals surface area contributed by atoms with E-state index in [2.05, 4.69) is 34.0 Å². The minimum atomic E-state index is -0.649. The maximum absolute atomic E-state index is 13.5. The number of epoxide rings is 1. The van der Waals surface area contributed by atoms with Crippen LogP contribution in [0.3, 0.4) is 0 Å². The molecule has 0 bridgehead atoms. The average molecular weight is 629 g/mol. The first-order valence-electron chi connectivity index (χ1n) is 16.1. The fraction of sp³-hybridized carbons (Fsp3) is 0.514. The molecule has 2 saturated heterocycles. The summed E-state index contributed by atoms with van der Waals surface area (Å²) in [7, 11) is 0. The van der Waals surface area contributed by atoms with Crippen LogP contribution in [0.25, 0.3) is 5.76 Å². The fourth-order valence-electron chi connectivity index (χ4n) is 9.91. The lowest BCUT2D eigenvalue weighted by atomic mass is 9.49. The molecule has 3 aliphatic heterocycles. The van der Waals surface area contributed by atoms with E-state index in [0.717, 1.165) is 18.4 Å². The topological polar surface area (TPSA) is 83.6 Å². The van der Waals surface area contributed by atoms with Crippen molar-refractivity contribution >= 4 is 29.5 Å². The predicted octanol–water partition coefficient (Wildman–Crippen LogP) is 6.79. The Kier molecular flexibility index (Phi) is 6.58. The molecule has 0 radical (unpaired) electrons. The van der Waals surface area contributed by atoms with Crippen LogP contribution in [0.2, 0.25) is 0 Å². The Bertz CT molecular complexity index is 1630. The van der Waals surface area contributed by atoms with Gasteiger partial charge in [0.1, 0.15) is 11.2 Å². The van der Waals surface area contributed by atoms with Crippen molar-refractivity contribution in [3.8, 4) is 0 Å². The number of carbonyl (C=O) groups excluding carboxylic acids is 2. The molecule has 8 rings (SSSR count). The molecule has 0 amide bonds. The van der Waals surface area contributed by atoms with Crippen molar-refractivity contribution < 1.29 is 33.3 Å². The number of rotatable bonds is 7. The lowest BCUT2D eigenvalue weighted by Crippen LogP contribution is -2.73. The lowest BCUT2D eigenvalue weighted by Gasteiger charge is -2.61. The van der Waals surface area contributed by atoms with Crippen molar-refractivity contribution in [1.29, 1.82) is 0 Å². The van der Waals surface area contributed by atoms with Crippen LogP contribution in [0.4, 0.5) is 0 Å². The summed E-state index contributed by atoms with van der Waals surface area (Å²) >= 11 is 1.69. The van der Waals surface area contributed by atoms with E-state index < -0.39 is 17.2 Å². The number of allylic oxidation sites excluding steroid dienone is 1. The van der Waals surface area contributed by atoms with Gasteiger partial charge in [0.2, 0.25) is 0 Å². The smallest absolute Gasteiger partial charge is 0.343 e. The standard InChI is InChI=1S/C37H40O7S/c1-21(2)36-18-25(36)30-37(44-30)34(3)17-16-24-27(26(34)19-41-35(37,4)33(36)40-20-45-5)29(43-32(24)39)28(22-12-8-6-9-13-22)42-31(38)23-14-10-7-11-15-23/h6-15,21,25-26,30,33H,16-20H2,1-5H3/b29-28+/t25-,26-,30-,33-,34-,35+,36+,37+/m0/s1. The Morgan fingerprint density at radius 1 is 1.04 bits per heavy atom. The van der Waals surface area contributed by atoms with Crippen molar-refractivity contribution in [2.45, 2.75) is 70.4 Å². The van der Waals surface area contributed by atoms with Gasteiger partial charge in [0.15, 0.2) is 11.5 Å². The van der Waals surface area contributed by atoms with Crippen molar-refractivity contribution in [1.82, 2.24) is 0 Å². The van der Waals surface area contributed by atoms with E-state index in [1.54, 1.807) is 36.0 Å². The predicted molar refractivity (Wildman–Crippen MR) is 170 cm³/mol. The van der Waals surface area contributed by atoms with Gasteiger partial charge in [0.25, 0.3) is 0 Å². The zero-order valence-corrected chi connectivity index (χ0v) is 27.3. The van der Waals surface area contributed by atoms with Crippen molar-refractivity contribution in [3.63, 3.8) is 0 Å². The number of hydrogen-bond donors (Lipinski definition) is 0. The van der Waals surface area contributed by atoms with Gasteiger partial charge >= 0.3 is 11.9 Å². The molecule has 236 valence electrons. The molecule has 4 fully saturated rings. The SMILES string of the molecule is CSCO[C@@H]1[C@@]2(C(C)C)C[C@H]2[C@@H]2O[C@@]23[C@@]2(C)CCC4=C(/C(=C(\OC(=O)c5ccccc5)c5ccccc5)OC4=O)[C@@H]2CO[C@]13C.